The SMILES string of the molecule is CC(=O)N1CCC(c2cc(Cl)cc3cc(CCN4N=C(C(F)(F)F)N5CCNCC45)[nH]c23)CC1. The average molecular weight is 497 g/mol. The van der Waals surface area contributed by atoms with E-state index in [4.69, 9.17) is 11.6 Å². The Bertz CT molecular complexity index is 1110. The van der Waals surface area contributed by atoms with Crippen LogP contribution >= 0.6 is 11.6 Å². The molecular weight excluding hydrogens is 469 g/mol. The van der Waals surface area contributed by atoms with Crippen molar-refractivity contribution in [2.24, 2.45) is 5.10 Å². The standard InChI is InChI=1S/C23H28ClF3N6O/c1-14(34)31-6-2-15(3-7-31)19-12-17(24)10-16-11-18(29-21(16)19)4-8-33-20-13-28-5-9-32(20)22(30-33)23(25,26)27/h10-12,15,20,28-29H,2-9,13H2,1H3. The number of nitrogens with one attached hydrogen (secondary N) is 2. The van der Waals surface area contributed by atoms with Gasteiger partial charge in [0.1, 0.15) is 6.17 Å². The van der Waals surface area contributed by atoms with Crippen LogP contribution in [0.3, 0.4) is 0 Å². The van der Waals surface area contributed by atoms with Crippen LogP contribution in [0.1, 0.15) is 36.9 Å². The third-order valence-electron chi connectivity index (χ3n) is 7.08. The topological polar surface area (TPSA) is 67.0 Å². The van der Waals surface area contributed by atoms with Gasteiger partial charge in [-0.1, -0.05) is 11.6 Å². The average Bonchev–Trinajstić information content (AvgIpc) is 3.38. The maximum Gasteiger partial charge on any atom is 0.451 e. The molecule has 1 aromatic carbocycles. The number of rotatable bonds is 4. The van der Waals surface area contributed by atoms with E-state index in [1.807, 2.05) is 23.1 Å². The molecule has 1 aromatic heterocycles. The Labute approximate surface area is 200 Å². The third kappa shape index (κ3) is 4.45. The van der Waals surface area contributed by atoms with Crippen LogP contribution in [0.2, 0.25) is 5.02 Å². The molecule has 4 heterocycles. The number of hydrogen-bond acceptors (Lipinski definition) is 5. The number of piperidine rings is 1. The molecule has 3 aliphatic rings. The Morgan fingerprint density at radius 1 is 1.21 bits per heavy atom. The van der Waals surface area contributed by atoms with Crippen LogP contribution in [-0.2, 0) is 11.2 Å². The molecular formula is C23H28ClF3N6O. The second-order valence-corrected chi connectivity index (χ2v) is 9.68. The van der Waals surface area contributed by atoms with Crippen LogP contribution in [0.15, 0.2) is 23.3 Å². The van der Waals surface area contributed by atoms with E-state index in [0.717, 1.165) is 48.1 Å². The Balaban J connectivity index is 1.34. The lowest BCUT2D eigenvalue weighted by Gasteiger charge is -2.36. The highest BCUT2D eigenvalue weighted by atomic mass is 35.5. The molecule has 7 nitrogen and oxygen atoms in total. The van der Waals surface area contributed by atoms with Gasteiger partial charge < -0.3 is 20.1 Å². The summed E-state index contributed by atoms with van der Waals surface area (Å²) in [5, 5.41) is 10.3. The van der Waals surface area contributed by atoms with Crippen LogP contribution in [0, 0.1) is 0 Å². The van der Waals surface area contributed by atoms with Crippen molar-refractivity contribution >= 4 is 34.2 Å². The minimum Gasteiger partial charge on any atom is -0.358 e. The quantitative estimate of drug-likeness (QED) is 0.680. The molecule has 1 unspecified atom stereocenters. The van der Waals surface area contributed by atoms with Crippen molar-refractivity contribution in [2.75, 3.05) is 39.3 Å². The Hall–Kier alpha value is -2.46. The van der Waals surface area contributed by atoms with Crippen LogP contribution in [0.25, 0.3) is 10.9 Å². The Kier molecular flexibility index (Phi) is 6.14. The van der Waals surface area contributed by atoms with Gasteiger partial charge in [0.05, 0.1) is 0 Å². The molecule has 0 saturated carbocycles. The van der Waals surface area contributed by atoms with E-state index in [-0.39, 0.29) is 12.5 Å². The number of H-pyrrole nitrogens is 1. The summed E-state index contributed by atoms with van der Waals surface area (Å²) >= 11 is 6.42. The number of alkyl halides is 3. The number of amidine groups is 1. The van der Waals surface area contributed by atoms with Crippen molar-refractivity contribution in [3.05, 3.63) is 34.5 Å². The van der Waals surface area contributed by atoms with Gasteiger partial charge in [-0.3, -0.25) is 9.80 Å². The Morgan fingerprint density at radius 2 is 1.97 bits per heavy atom. The molecule has 3 aliphatic heterocycles. The lowest BCUT2D eigenvalue weighted by molar-refractivity contribution is -0.129. The highest BCUT2D eigenvalue weighted by Gasteiger charge is 2.48. The van der Waals surface area contributed by atoms with E-state index in [0.29, 0.717) is 37.0 Å². The van der Waals surface area contributed by atoms with Crippen molar-refractivity contribution in [1.82, 2.24) is 25.1 Å². The van der Waals surface area contributed by atoms with E-state index >= 15 is 0 Å². The molecule has 184 valence electrons. The van der Waals surface area contributed by atoms with Crippen molar-refractivity contribution < 1.29 is 18.0 Å². The molecule has 0 radical (unpaired) electrons. The minimum atomic E-state index is -4.46. The first kappa shape index (κ1) is 23.3. The molecule has 0 bridgehead atoms. The van der Waals surface area contributed by atoms with Crippen molar-refractivity contribution in [1.29, 1.82) is 0 Å². The lowest BCUT2D eigenvalue weighted by Crippen LogP contribution is -2.57. The maximum atomic E-state index is 13.5. The molecule has 2 fully saturated rings. The van der Waals surface area contributed by atoms with Gasteiger partial charge in [0, 0.05) is 74.2 Å². The number of piperazine rings is 1. The number of aromatic amines is 1. The van der Waals surface area contributed by atoms with Gasteiger partial charge in [0.15, 0.2) is 0 Å². The first-order valence-electron chi connectivity index (χ1n) is 11.7. The number of halogens is 4. The molecule has 5 rings (SSSR count). The summed E-state index contributed by atoms with van der Waals surface area (Å²) < 4.78 is 40.4. The molecule has 0 aliphatic carbocycles. The summed E-state index contributed by atoms with van der Waals surface area (Å²) in [6.07, 6.45) is -2.61. The monoisotopic (exact) mass is 496 g/mol. The highest BCUT2D eigenvalue weighted by Crippen LogP contribution is 2.36. The number of aromatic nitrogens is 1. The number of benzene rings is 1. The smallest absolute Gasteiger partial charge is 0.358 e. The van der Waals surface area contributed by atoms with E-state index in [9.17, 15) is 18.0 Å². The van der Waals surface area contributed by atoms with Crippen molar-refractivity contribution in [3.8, 4) is 0 Å². The molecule has 0 spiro atoms. The van der Waals surface area contributed by atoms with Gasteiger partial charge in [-0.25, -0.2) is 0 Å². The number of likely N-dealkylation sites (tertiary alicyclic amines) is 1. The predicted octanol–water partition coefficient (Wildman–Crippen LogP) is 3.51. The van der Waals surface area contributed by atoms with Crippen LogP contribution in [0.4, 0.5) is 13.2 Å². The number of carbonyl (C=O) groups excluding carboxylic acids is 1. The zero-order valence-corrected chi connectivity index (χ0v) is 19.7. The number of nitrogens with zero attached hydrogens (tertiary/aromatic N) is 4. The zero-order valence-electron chi connectivity index (χ0n) is 19.0. The second-order valence-electron chi connectivity index (χ2n) is 9.25. The number of fused-ring (bicyclic) bond motifs is 2. The van der Waals surface area contributed by atoms with Crippen LogP contribution < -0.4 is 5.32 Å². The fourth-order valence-electron chi connectivity index (χ4n) is 5.36. The molecule has 34 heavy (non-hydrogen) atoms. The molecule has 11 heteroatoms. The molecule has 1 atom stereocenters. The summed E-state index contributed by atoms with van der Waals surface area (Å²) in [6.45, 7) is 4.65. The van der Waals surface area contributed by atoms with Gasteiger partial charge in [0.2, 0.25) is 11.7 Å². The minimum absolute atomic E-state index is 0.0989. The van der Waals surface area contributed by atoms with E-state index in [1.165, 1.54) is 4.90 Å². The zero-order chi connectivity index (χ0) is 24.0. The fraction of sp³-hybridized carbons (Fsp3) is 0.565. The molecule has 2 N–H and O–H groups in total. The molecule has 1 amide bonds. The van der Waals surface area contributed by atoms with Gasteiger partial charge in [-0.15, -0.1) is 0 Å². The van der Waals surface area contributed by atoms with Crippen molar-refractivity contribution in [2.45, 2.75) is 44.4 Å². The van der Waals surface area contributed by atoms with Gasteiger partial charge in [-0.05, 0) is 42.5 Å². The maximum absolute atomic E-state index is 13.5. The lowest BCUT2D eigenvalue weighted by atomic mass is 9.88. The third-order valence-corrected chi connectivity index (χ3v) is 7.30. The van der Waals surface area contributed by atoms with Crippen molar-refractivity contribution in [3.63, 3.8) is 0 Å². The first-order valence-corrected chi connectivity index (χ1v) is 12.0. The van der Waals surface area contributed by atoms with E-state index < -0.39 is 18.2 Å². The van der Waals surface area contributed by atoms with Gasteiger partial charge >= 0.3 is 6.18 Å². The summed E-state index contributed by atoms with van der Waals surface area (Å²) in [7, 11) is 0. The van der Waals surface area contributed by atoms with Crippen LogP contribution in [-0.4, -0.2) is 83.1 Å². The van der Waals surface area contributed by atoms with Gasteiger partial charge in [-0.2, -0.15) is 18.3 Å². The molecule has 2 aromatic rings. The van der Waals surface area contributed by atoms with Crippen LogP contribution in [0.5, 0.6) is 0 Å². The summed E-state index contributed by atoms with van der Waals surface area (Å²) in [6, 6.07) is 5.93. The summed E-state index contributed by atoms with van der Waals surface area (Å²) in [5.41, 5.74) is 3.09. The predicted molar refractivity (Wildman–Crippen MR) is 125 cm³/mol. The highest BCUT2D eigenvalue weighted by molar-refractivity contribution is 6.31. The number of carbonyl (C=O) groups is 1. The number of hydrazone groups is 1. The second kappa shape index (κ2) is 8.96. The van der Waals surface area contributed by atoms with Gasteiger partial charge in [0.25, 0.3) is 0 Å². The van der Waals surface area contributed by atoms with E-state index in [1.54, 1.807) is 11.9 Å². The molecule has 2 saturated heterocycles. The first-order chi connectivity index (χ1) is 16.2. The fourth-order valence-corrected chi connectivity index (χ4v) is 5.59. The normalized spacial score (nSPS) is 21.9. The Morgan fingerprint density at radius 3 is 2.68 bits per heavy atom. The largest absolute Gasteiger partial charge is 0.451 e. The number of amides is 1. The van der Waals surface area contributed by atoms with E-state index in [2.05, 4.69) is 15.4 Å². The number of hydrogen-bond donors (Lipinski definition) is 2. The summed E-state index contributed by atoms with van der Waals surface area (Å²) in [5.74, 6) is -0.411. The summed E-state index contributed by atoms with van der Waals surface area (Å²) in [4.78, 5) is 18.4.